The monoisotopic (exact) mass is 345 g/mol. The van der Waals surface area contributed by atoms with Crippen molar-refractivity contribution in [1.29, 1.82) is 0 Å². The van der Waals surface area contributed by atoms with Gasteiger partial charge in [-0.15, -0.1) is 0 Å². The highest BCUT2D eigenvalue weighted by Gasteiger charge is 2.38. The number of carbonyl (C=O) groups is 1. The summed E-state index contributed by atoms with van der Waals surface area (Å²) in [5, 5.41) is 6.44. The molecule has 4 rings (SSSR count). The average Bonchev–Trinajstić information content (AvgIpc) is 3.54. The van der Waals surface area contributed by atoms with Crippen LogP contribution in [-0.4, -0.2) is 54.8 Å². The van der Waals surface area contributed by atoms with Crippen LogP contribution in [0, 0.1) is 11.8 Å². The van der Waals surface area contributed by atoms with E-state index in [0.717, 1.165) is 50.7 Å². The molecule has 1 aliphatic heterocycles. The van der Waals surface area contributed by atoms with Crippen LogP contribution in [0.25, 0.3) is 0 Å². The molecule has 0 unspecified atom stereocenters. The molecule has 1 amide bonds. The van der Waals surface area contributed by atoms with Crippen LogP contribution in [0.2, 0.25) is 0 Å². The van der Waals surface area contributed by atoms with Gasteiger partial charge in [-0.25, -0.2) is 4.98 Å². The Hall–Kier alpha value is -1.89. The van der Waals surface area contributed by atoms with Gasteiger partial charge < -0.3 is 20.3 Å². The van der Waals surface area contributed by atoms with Gasteiger partial charge in [-0.2, -0.15) is 4.98 Å². The lowest BCUT2D eigenvalue weighted by Gasteiger charge is -2.28. The molecule has 0 bridgehead atoms. The highest BCUT2D eigenvalue weighted by Crippen LogP contribution is 2.37. The predicted molar refractivity (Wildman–Crippen MR) is 95.7 cm³/mol. The molecule has 3 aliphatic rings. The molecule has 1 saturated heterocycles. The fraction of sp³-hybridized carbons (Fsp3) is 0.722. The zero-order valence-corrected chi connectivity index (χ0v) is 14.8. The molecule has 2 atom stereocenters. The largest absolute Gasteiger partial charge is 0.378 e. The summed E-state index contributed by atoms with van der Waals surface area (Å²) in [6.45, 7) is 5.94. The minimum atomic E-state index is 0.186. The summed E-state index contributed by atoms with van der Waals surface area (Å²) in [4.78, 5) is 23.5. The van der Waals surface area contributed by atoms with Gasteiger partial charge in [0.1, 0.15) is 5.82 Å². The molecular weight excluding hydrogens is 318 g/mol. The molecule has 0 aromatic carbocycles. The van der Waals surface area contributed by atoms with Crippen LogP contribution < -0.4 is 15.5 Å². The summed E-state index contributed by atoms with van der Waals surface area (Å²) < 4.78 is 5.44. The highest BCUT2D eigenvalue weighted by molar-refractivity contribution is 5.81. The van der Waals surface area contributed by atoms with E-state index in [0.29, 0.717) is 24.5 Å². The fourth-order valence-corrected chi connectivity index (χ4v) is 3.17. The van der Waals surface area contributed by atoms with Crippen LogP contribution in [0.15, 0.2) is 6.07 Å². The molecule has 3 fully saturated rings. The van der Waals surface area contributed by atoms with Gasteiger partial charge in [-0.1, -0.05) is 6.92 Å². The first-order valence-corrected chi connectivity index (χ1v) is 9.44. The van der Waals surface area contributed by atoms with Crippen molar-refractivity contribution in [1.82, 2.24) is 15.3 Å². The van der Waals surface area contributed by atoms with Gasteiger partial charge in [0.05, 0.1) is 13.2 Å². The number of nitrogens with zero attached hydrogens (tertiary/aromatic N) is 3. The summed E-state index contributed by atoms with van der Waals surface area (Å²) in [6, 6.07) is 2.57. The van der Waals surface area contributed by atoms with E-state index >= 15 is 0 Å². The lowest BCUT2D eigenvalue weighted by atomic mass is 10.2. The standard InChI is InChI=1S/C18H27N5O2/c1-12-10-15(12)17(24)19-5-4-14-11-16(23-6-8-25-9-7-23)22-18(21-14)20-13-2-3-13/h11-13,15H,2-10H2,1H3,(H,19,24)(H,20,21,22)/t12-,15-/m0/s1. The number of amides is 1. The van der Waals surface area contributed by atoms with E-state index in [-0.39, 0.29) is 11.8 Å². The molecule has 2 aliphatic carbocycles. The number of anilines is 2. The second-order valence-electron chi connectivity index (χ2n) is 7.42. The maximum Gasteiger partial charge on any atom is 0.225 e. The summed E-state index contributed by atoms with van der Waals surface area (Å²) >= 11 is 0. The zero-order valence-electron chi connectivity index (χ0n) is 14.8. The Kier molecular flexibility index (Phi) is 4.74. The number of morpholine rings is 1. The third-order valence-corrected chi connectivity index (χ3v) is 5.14. The second-order valence-corrected chi connectivity index (χ2v) is 7.42. The van der Waals surface area contributed by atoms with E-state index in [1.165, 1.54) is 12.8 Å². The molecular formula is C18H27N5O2. The number of aromatic nitrogens is 2. The van der Waals surface area contributed by atoms with Crippen LogP contribution in [0.5, 0.6) is 0 Å². The van der Waals surface area contributed by atoms with E-state index in [9.17, 15) is 4.79 Å². The minimum Gasteiger partial charge on any atom is -0.378 e. The Bertz CT molecular complexity index is 628. The maximum atomic E-state index is 12.0. The number of nitrogens with one attached hydrogen (secondary N) is 2. The Morgan fingerprint density at radius 3 is 2.76 bits per heavy atom. The van der Waals surface area contributed by atoms with Gasteiger partial charge >= 0.3 is 0 Å². The Labute approximate surface area is 148 Å². The number of carbonyl (C=O) groups excluding carboxylic acids is 1. The molecule has 25 heavy (non-hydrogen) atoms. The average molecular weight is 345 g/mol. The first-order valence-electron chi connectivity index (χ1n) is 9.44. The Morgan fingerprint density at radius 2 is 2.08 bits per heavy atom. The van der Waals surface area contributed by atoms with Crippen LogP contribution in [0.1, 0.15) is 31.9 Å². The third kappa shape index (κ3) is 4.39. The van der Waals surface area contributed by atoms with Crippen LogP contribution >= 0.6 is 0 Å². The van der Waals surface area contributed by atoms with Crippen molar-refractivity contribution in [2.75, 3.05) is 43.1 Å². The predicted octanol–water partition coefficient (Wildman–Crippen LogP) is 1.20. The van der Waals surface area contributed by atoms with Gasteiger partial charge in [0.25, 0.3) is 0 Å². The summed E-state index contributed by atoms with van der Waals surface area (Å²) in [6.07, 6.45) is 4.13. The van der Waals surface area contributed by atoms with E-state index in [1.807, 2.05) is 0 Å². The van der Waals surface area contributed by atoms with E-state index in [1.54, 1.807) is 0 Å². The quantitative estimate of drug-likeness (QED) is 0.773. The van der Waals surface area contributed by atoms with Crippen molar-refractivity contribution in [2.24, 2.45) is 11.8 Å². The molecule has 2 N–H and O–H groups in total. The molecule has 7 nitrogen and oxygen atoms in total. The van der Waals surface area contributed by atoms with Gasteiger partial charge in [-0.05, 0) is 25.2 Å². The lowest BCUT2D eigenvalue weighted by Crippen LogP contribution is -2.37. The van der Waals surface area contributed by atoms with Crippen molar-refractivity contribution in [3.05, 3.63) is 11.8 Å². The van der Waals surface area contributed by atoms with E-state index < -0.39 is 0 Å². The SMILES string of the molecule is C[C@H]1C[C@@H]1C(=O)NCCc1cc(N2CCOCC2)nc(NC2CC2)n1. The first kappa shape index (κ1) is 16.6. The molecule has 136 valence electrons. The van der Waals surface area contributed by atoms with E-state index in [4.69, 9.17) is 4.74 Å². The van der Waals surface area contributed by atoms with Crippen molar-refractivity contribution < 1.29 is 9.53 Å². The second kappa shape index (κ2) is 7.15. The topological polar surface area (TPSA) is 79.4 Å². The Balaban J connectivity index is 1.40. The molecule has 7 heteroatoms. The maximum absolute atomic E-state index is 12.0. The van der Waals surface area contributed by atoms with Crippen molar-refractivity contribution in [2.45, 2.75) is 38.6 Å². The van der Waals surface area contributed by atoms with Crippen molar-refractivity contribution in [3.8, 4) is 0 Å². The van der Waals surface area contributed by atoms with Crippen molar-refractivity contribution >= 4 is 17.7 Å². The van der Waals surface area contributed by atoms with E-state index in [2.05, 4.69) is 38.5 Å². The zero-order chi connectivity index (χ0) is 17.2. The van der Waals surface area contributed by atoms with Gasteiger partial charge in [0, 0.05) is 49.8 Å². The van der Waals surface area contributed by atoms with Crippen molar-refractivity contribution in [3.63, 3.8) is 0 Å². The van der Waals surface area contributed by atoms with Crippen LogP contribution in [-0.2, 0) is 16.0 Å². The molecule has 2 heterocycles. The molecule has 1 aromatic rings. The summed E-state index contributed by atoms with van der Waals surface area (Å²) in [5.74, 6) is 2.62. The van der Waals surface area contributed by atoms with Gasteiger partial charge in [0.15, 0.2) is 0 Å². The molecule has 2 saturated carbocycles. The Morgan fingerprint density at radius 1 is 1.32 bits per heavy atom. The van der Waals surface area contributed by atoms with Gasteiger partial charge in [0.2, 0.25) is 11.9 Å². The molecule has 0 radical (unpaired) electrons. The van der Waals surface area contributed by atoms with Crippen LogP contribution in [0.3, 0.4) is 0 Å². The normalized spacial score (nSPS) is 25.6. The van der Waals surface area contributed by atoms with Gasteiger partial charge in [-0.3, -0.25) is 4.79 Å². The smallest absolute Gasteiger partial charge is 0.225 e. The summed E-state index contributed by atoms with van der Waals surface area (Å²) in [7, 11) is 0. The van der Waals surface area contributed by atoms with Crippen LogP contribution in [0.4, 0.5) is 11.8 Å². The lowest BCUT2D eigenvalue weighted by molar-refractivity contribution is -0.122. The third-order valence-electron chi connectivity index (χ3n) is 5.14. The number of rotatable bonds is 7. The summed E-state index contributed by atoms with van der Waals surface area (Å²) in [5.41, 5.74) is 0.976. The molecule has 0 spiro atoms. The highest BCUT2D eigenvalue weighted by atomic mass is 16.5. The number of ether oxygens (including phenoxy) is 1. The molecule has 1 aromatic heterocycles. The minimum absolute atomic E-state index is 0.186. The first-order chi connectivity index (χ1) is 12.2. The number of hydrogen-bond donors (Lipinski definition) is 2. The number of hydrogen-bond acceptors (Lipinski definition) is 6. The fourth-order valence-electron chi connectivity index (χ4n) is 3.17.